The summed E-state index contributed by atoms with van der Waals surface area (Å²) >= 11 is 0. The first kappa shape index (κ1) is 61.5. The van der Waals surface area contributed by atoms with Crippen LogP contribution in [-0.4, -0.2) is 79.0 Å². The monoisotopic (exact) mass is 965 g/mol. The predicted molar refractivity (Wildman–Crippen MR) is 263 cm³/mol. The highest BCUT2D eigenvalue weighted by Crippen LogP contribution is 2.31. The molecule has 0 fully saturated rings. The number of nitrogens with one attached hydrogen (secondary N) is 6. The first-order valence-corrected chi connectivity index (χ1v) is 25.0. The van der Waals surface area contributed by atoms with Gasteiger partial charge in [0, 0.05) is 89.1 Å². The maximum Gasteiger partial charge on any atom is 0.416 e. The Morgan fingerprint density at radius 3 is 1.72 bits per heavy atom. The van der Waals surface area contributed by atoms with Crippen molar-refractivity contribution < 1.29 is 46.7 Å². The Hall–Kier alpha value is -4.50. The summed E-state index contributed by atoms with van der Waals surface area (Å²) in [4.78, 5) is 89.5. The van der Waals surface area contributed by atoms with Gasteiger partial charge in [-0.05, 0) is 105 Å². The van der Waals surface area contributed by atoms with Gasteiger partial charge in [-0.1, -0.05) is 80.9 Å². The summed E-state index contributed by atoms with van der Waals surface area (Å²) in [6, 6.07) is 1.82. The van der Waals surface area contributed by atoms with E-state index in [0.29, 0.717) is 62.2 Å². The van der Waals surface area contributed by atoms with Gasteiger partial charge < -0.3 is 31.9 Å². The molecule has 0 saturated carbocycles. The number of ketones is 4. The summed E-state index contributed by atoms with van der Waals surface area (Å²) in [6.45, 7) is 24.0. The van der Waals surface area contributed by atoms with E-state index in [1.54, 1.807) is 19.9 Å². The number of alkyl halides is 3. The summed E-state index contributed by atoms with van der Waals surface area (Å²) in [6.07, 6.45) is 0.350. The molecule has 6 N–H and O–H groups in total. The van der Waals surface area contributed by atoms with Crippen molar-refractivity contribution in [3.63, 3.8) is 0 Å². The van der Waals surface area contributed by atoms with E-state index in [1.807, 2.05) is 41.5 Å². The Kier molecular flexibility index (Phi) is 28.6. The van der Waals surface area contributed by atoms with Gasteiger partial charge in [-0.2, -0.15) is 13.2 Å². The second-order valence-corrected chi connectivity index (χ2v) is 20.9. The van der Waals surface area contributed by atoms with Crippen molar-refractivity contribution >= 4 is 41.2 Å². The van der Waals surface area contributed by atoms with E-state index in [-0.39, 0.29) is 134 Å². The third-order valence-electron chi connectivity index (χ3n) is 12.2. The molecule has 0 saturated heterocycles. The van der Waals surface area contributed by atoms with Gasteiger partial charge in [-0.15, -0.1) is 0 Å². The van der Waals surface area contributed by atoms with Crippen LogP contribution in [0.15, 0.2) is 18.2 Å². The fourth-order valence-electron chi connectivity index (χ4n) is 8.28. The van der Waals surface area contributed by atoms with E-state index in [1.165, 1.54) is 0 Å². The third-order valence-corrected chi connectivity index (χ3v) is 12.2. The van der Waals surface area contributed by atoms with Gasteiger partial charge in [0.2, 0.25) is 0 Å². The zero-order valence-electron chi connectivity index (χ0n) is 43.3. The maximum absolute atomic E-state index is 13.3. The summed E-state index contributed by atoms with van der Waals surface area (Å²) < 4.78 is 39.9. The molecule has 0 heterocycles. The van der Waals surface area contributed by atoms with Crippen LogP contribution >= 0.6 is 0 Å². The third kappa shape index (κ3) is 28.1. The van der Waals surface area contributed by atoms with Crippen LogP contribution in [0.25, 0.3) is 0 Å². The lowest BCUT2D eigenvalue weighted by molar-refractivity contribution is -0.137. The molecule has 68 heavy (non-hydrogen) atoms. The summed E-state index contributed by atoms with van der Waals surface area (Å²) in [5.41, 5.74) is -0.0620. The number of benzene rings is 1. The molecule has 6 amide bonds. The summed E-state index contributed by atoms with van der Waals surface area (Å²) in [5.74, 6) is 0.311. The molecule has 6 atom stereocenters. The Bertz CT molecular complexity index is 1750. The molecule has 0 aromatic heterocycles. The SMILES string of the molecule is CCC(=O)CC[C@H](CC(C)C)NC(=O)NC[C@H](C)CC(=O)CC[C@@H](NC(=O)NC[C@@H](CC(=O)CC[C@H](C)NC(=O)NC[C@@H](CC(=O)Cc1cc(C)cc(C(F)(F)F)c1)C(C)C)CC(C)C)C(C)C. The first-order chi connectivity index (χ1) is 31.7. The molecule has 388 valence electrons. The van der Waals surface area contributed by atoms with Crippen LogP contribution in [0.4, 0.5) is 27.6 Å². The van der Waals surface area contributed by atoms with Crippen molar-refractivity contribution in [2.45, 2.75) is 191 Å². The van der Waals surface area contributed by atoms with Crippen molar-refractivity contribution in [3.8, 4) is 0 Å². The molecule has 0 unspecified atom stereocenters. The van der Waals surface area contributed by atoms with Crippen molar-refractivity contribution in [1.29, 1.82) is 0 Å². The normalized spacial score (nSPS) is 14.5. The standard InChI is InChI=1S/C52H87F3N6O7/c1-13-44(62)17-15-43(21-33(4)5)60-50(67)56-29-37(11)24-45(63)18-19-48(35(8)9)61-51(68)57-30-40(20-32(2)3)27-46(64)16-14-38(12)59-49(66)58-31-41(34(6)7)28-47(65)26-39-22-36(10)23-42(25-39)52(53,54)55/h22-23,25,32-35,37-38,40-41,43,48H,13-21,24,26-31H2,1-12H3,(H2,56,60,67)(H2,57,61,68)(H2,58,59,66)/t37-,38+,40-,41-,43-,48-/m1/s1. The second kappa shape index (κ2) is 31.6. The van der Waals surface area contributed by atoms with E-state index in [2.05, 4.69) is 59.6 Å². The molecule has 0 bridgehead atoms. The fraction of sp³-hybridized carbons (Fsp3) is 0.750. The highest BCUT2D eigenvalue weighted by Gasteiger charge is 2.31. The van der Waals surface area contributed by atoms with Gasteiger partial charge in [0.1, 0.15) is 23.1 Å². The molecule has 0 spiro atoms. The Labute approximate surface area is 405 Å². The minimum Gasteiger partial charge on any atom is -0.338 e. The number of halogens is 3. The van der Waals surface area contributed by atoms with Crippen molar-refractivity contribution in [3.05, 3.63) is 34.9 Å². The number of Topliss-reactive ketones (excluding diaryl/α,β-unsaturated/α-hetero) is 4. The van der Waals surface area contributed by atoms with Crippen molar-refractivity contribution in [1.82, 2.24) is 31.9 Å². The van der Waals surface area contributed by atoms with Crippen LogP contribution in [-0.2, 0) is 31.8 Å². The molecule has 0 radical (unpaired) electrons. The van der Waals surface area contributed by atoms with E-state index >= 15 is 0 Å². The van der Waals surface area contributed by atoms with Crippen LogP contribution in [0.1, 0.15) is 170 Å². The average Bonchev–Trinajstić information content (AvgIpc) is 3.22. The van der Waals surface area contributed by atoms with Gasteiger partial charge in [0.05, 0.1) is 5.56 Å². The smallest absolute Gasteiger partial charge is 0.338 e. The number of carbonyl (C=O) groups excluding carboxylic acids is 7. The quantitative estimate of drug-likeness (QED) is 0.0404. The predicted octanol–water partition coefficient (Wildman–Crippen LogP) is 10.0. The number of amides is 6. The van der Waals surface area contributed by atoms with Crippen LogP contribution in [0, 0.1) is 48.3 Å². The molecular formula is C52H87F3N6O7. The van der Waals surface area contributed by atoms with E-state index < -0.39 is 17.8 Å². The van der Waals surface area contributed by atoms with Gasteiger partial charge in [-0.3, -0.25) is 19.2 Å². The number of hydrogen-bond donors (Lipinski definition) is 6. The Morgan fingerprint density at radius 2 is 1.13 bits per heavy atom. The molecule has 1 aromatic carbocycles. The number of rotatable bonds is 33. The van der Waals surface area contributed by atoms with Crippen molar-refractivity contribution in [2.24, 2.45) is 41.4 Å². The van der Waals surface area contributed by atoms with Crippen LogP contribution in [0.3, 0.4) is 0 Å². The van der Waals surface area contributed by atoms with E-state index in [4.69, 9.17) is 0 Å². The Balaban J connectivity index is 2.57. The molecule has 1 aromatic rings. The minimum absolute atomic E-state index is 0.0142. The van der Waals surface area contributed by atoms with Crippen LogP contribution in [0.5, 0.6) is 0 Å². The minimum atomic E-state index is -4.51. The molecule has 0 aliphatic carbocycles. The number of carbonyl (C=O) groups is 7. The topological polar surface area (TPSA) is 192 Å². The molecule has 16 heteroatoms. The zero-order chi connectivity index (χ0) is 51.7. The molecule has 0 aliphatic rings. The highest BCUT2D eigenvalue weighted by molar-refractivity contribution is 5.82. The lowest BCUT2D eigenvalue weighted by Crippen LogP contribution is -2.46. The largest absolute Gasteiger partial charge is 0.416 e. The zero-order valence-corrected chi connectivity index (χ0v) is 43.3. The van der Waals surface area contributed by atoms with Crippen LogP contribution in [0.2, 0.25) is 0 Å². The fourth-order valence-corrected chi connectivity index (χ4v) is 8.28. The lowest BCUT2D eigenvalue weighted by atomic mass is 9.88. The number of urea groups is 3. The average molecular weight is 965 g/mol. The van der Waals surface area contributed by atoms with Gasteiger partial charge >= 0.3 is 24.3 Å². The van der Waals surface area contributed by atoms with Crippen LogP contribution < -0.4 is 31.9 Å². The maximum atomic E-state index is 13.3. The number of aryl methyl sites for hydroxylation is 1. The van der Waals surface area contributed by atoms with Gasteiger partial charge in [0.25, 0.3) is 0 Å². The molecule has 0 aliphatic heterocycles. The lowest BCUT2D eigenvalue weighted by Gasteiger charge is -2.24. The van der Waals surface area contributed by atoms with Gasteiger partial charge in [0.15, 0.2) is 0 Å². The highest BCUT2D eigenvalue weighted by atomic mass is 19.4. The summed E-state index contributed by atoms with van der Waals surface area (Å²) in [5, 5.41) is 17.5. The Morgan fingerprint density at radius 1 is 0.574 bits per heavy atom. The van der Waals surface area contributed by atoms with E-state index in [9.17, 15) is 46.7 Å². The molecule has 1 rings (SSSR count). The summed E-state index contributed by atoms with van der Waals surface area (Å²) in [7, 11) is 0. The molecule has 13 nitrogen and oxygen atoms in total. The van der Waals surface area contributed by atoms with Crippen molar-refractivity contribution in [2.75, 3.05) is 19.6 Å². The number of hydrogen-bond acceptors (Lipinski definition) is 7. The molecular weight excluding hydrogens is 878 g/mol. The van der Waals surface area contributed by atoms with E-state index in [0.717, 1.165) is 25.0 Å². The second-order valence-electron chi connectivity index (χ2n) is 20.9. The van der Waals surface area contributed by atoms with Gasteiger partial charge in [-0.25, -0.2) is 14.4 Å². The first-order valence-electron chi connectivity index (χ1n) is 25.0.